The number of nitrogens with two attached hydrogens (primary N) is 1. The first-order valence-electron chi connectivity index (χ1n) is 6.09. The maximum Gasteiger partial charge on any atom is 0.237 e. The van der Waals surface area contributed by atoms with E-state index in [1.165, 1.54) is 0 Å². The van der Waals surface area contributed by atoms with E-state index < -0.39 is 11.6 Å². The Bertz CT molecular complexity index is 217. The minimum absolute atomic E-state index is 0.163. The molecule has 4 N–H and O–H groups in total. The van der Waals surface area contributed by atoms with E-state index in [4.69, 9.17) is 5.73 Å². The fourth-order valence-electron chi connectivity index (χ4n) is 1.53. The highest BCUT2D eigenvalue weighted by molar-refractivity contribution is 5.81. The molecule has 0 heterocycles. The van der Waals surface area contributed by atoms with Gasteiger partial charge in [0, 0.05) is 6.54 Å². The van der Waals surface area contributed by atoms with E-state index >= 15 is 0 Å². The highest BCUT2D eigenvalue weighted by Crippen LogP contribution is 2.11. The van der Waals surface area contributed by atoms with Crippen molar-refractivity contribution in [1.82, 2.24) is 5.32 Å². The zero-order chi connectivity index (χ0) is 12.8. The fraction of sp³-hybridized carbons (Fsp3) is 0.917. The van der Waals surface area contributed by atoms with Crippen molar-refractivity contribution in [3.63, 3.8) is 0 Å². The molecule has 0 bridgehead atoms. The van der Waals surface area contributed by atoms with Gasteiger partial charge in [-0.1, -0.05) is 33.6 Å². The van der Waals surface area contributed by atoms with Crippen molar-refractivity contribution < 1.29 is 9.90 Å². The Morgan fingerprint density at radius 2 is 2.06 bits per heavy atom. The second-order valence-corrected chi connectivity index (χ2v) is 4.88. The number of amides is 1. The van der Waals surface area contributed by atoms with Crippen LogP contribution in [0.4, 0.5) is 0 Å². The molecule has 0 aliphatic carbocycles. The number of rotatable bonds is 7. The van der Waals surface area contributed by atoms with Crippen LogP contribution in [0.5, 0.6) is 0 Å². The first-order valence-corrected chi connectivity index (χ1v) is 6.09. The first-order chi connectivity index (χ1) is 7.34. The molecule has 16 heavy (non-hydrogen) atoms. The summed E-state index contributed by atoms with van der Waals surface area (Å²) >= 11 is 0. The Balaban J connectivity index is 4.06. The minimum Gasteiger partial charge on any atom is -0.388 e. The van der Waals surface area contributed by atoms with E-state index in [1.54, 1.807) is 6.92 Å². The average molecular weight is 230 g/mol. The summed E-state index contributed by atoms with van der Waals surface area (Å²) in [5, 5.41) is 12.6. The topological polar surface area (TPSA) is 75.3 Å². The molecule has 0 aromatic heterocycles. The molecule has 0 saturated carbocycles. The van der Waals surface area contributed by atoms with Crippen molar-refractivity contribution in [1.29, 1.82) is 0 Å². The van der Waals surface area contributed by atoms with E-state index in [9.17, 15) is 9.90 Å². The van der Waals surface area contributed by atoms with Crippen molar-refractivity contribution >= 4 is 5.91 Å². The van der Waals surface area contributed by atoms with Crippen molar-refractivity contribution in [2.75, 3.05) is 6.54 Å². The Labute approximate surface area is 98.6 Å². The summed E-state index contributed by atoms with van der Waals surface area (Å²) in [6, 6.07) is -0.484. The molecule has 4 nitrogen and oxygen atoms in total. The van der Waals surface area contributed by atoms with Gasteiger partial charge in [-0.2, -0.15) is 0 Å². The highest BCUT2D eigenvalue weighted by Gasteiger charge is 2.23. The third kappa shape index (κ3) is 5.47. The van der Waals surface area contributed by atoms with Crippen LogP contribution < -0.4 is 11.1 Å². The molecule has 0 aromatic carbocycles. The number of aliphatic hydroxyl groups is 1. The van der Waals surface area contributed by atoms with Crippen LogP contribution in [0.15, 0.2) is 0 Å². The summed E-state index contributed by atoms with van der Waals surface area (Å²) in [4.78, 5) is 11.6. The smallest absolute Gasteiger partial charge is 0.237 e. The SMILES string of the molecule is CCCC(C)(O)CNC(=O)C(N)C(C)CC. The van der Waals surface area contributed by atoms with E-state index in [-0.39, 0.29) is 18.4 Å². The zero-order valence-electron chi connectivity index (χ0n) is 10.9. The summed E-state index contributed by atoms with van der Waals surface area (Å²) < 4.78 is 0. The molecule has 0 aromatic rings. The Kier molecular flexibility index (Phi) is 6.60. The van der Waals surface area contributed by atoms with Gasteiger partial charge in [-0.3, -0.25) is 4.79 Å². The summed E-state index contributed by atoms with van der Waals surface area (Å²) in [6.07, 6.45) is 2.44. The number of carbonyl (C=O) groups excluding carboxylic acids is 1. The second-order valence-electron chi connectivity index (χ2n) is 4.88. The maximum atomic E-state index is 11.6. The van der Waals surface area contributed by atoms with Crippen LogP contribution in [0, 0.1) is 5.92 Å². The molecule has 0 radical (unpaired) electrons. The van der Waals surface area contributed by atoms with Crippen LogP contribution >= 0.6 is 0 Å². The quantitative estimate of drug-likeness (QED) is 0.611. The third-order valence-electron chi connectivity index (χ3n) is 2.99. The van der Waals surface area contributed by atoms with Crippen LogP contribution in [0.2, 0.25) is 0 Å². The molecule has 0 fully saturated rings. The van der Waals surface area contributed by atoms with Gasteiger partial charge in [0.1, 0.15) is 0 Å². The van der Waals surface area contributed by atoms with E-state index in [2.05, 4.69) is 5.32 Å². The minimum atomic E-state index is -0.834. The normalized spacial score (nSPS) is 18.6. The lowest BCUT2D eigenvalue weighted by atomic mass is 9.98. The van der Waals surface area contributed by atoms with Gasteiger partial charge in [-0.15, -0.1) is 0 Å². The van der Waals surface area contributed by atoms with Gasteiger partial charge in [-0.25, -0.2) is 0 Å². The molecule has 3 atom stereocenters. The Hall–Kier alpha value is -0.610. The van der Waals surface area contributed by atoms with Crippen molar-refractivity contribution in [2.45, 2.75) is 58.6 Å². The lowest BCUT2D eigenvalue weighted by molar-refractivity contribution is -0.124. The van der Waals surface area contributed by atoms with Gasteiger partial charge in [0.05, 0.1) is 11.6 Å². The fourth-order valence-corrected chi connectivity index (χ4v) is 1.53. The van der Waals surface area contributed by atoms with Crippen molar-refractivity contribution in [3.05, 3.63) is 0 Å². The molecular formula is C12H26N2O2. The predicted molar refractivity (Wildman–Crippen MR) is 66.0 cm³/mol. The van der Waals surface area contributed by atoms with Gasteiger partial charge >= 0.3 is 0 Å². The van der Waals surface area contributed by atoms with Crippen LogP contribution in [0.1, 0.15) is 47.0 Å². The van der Waals surface area contributed by atoms with Crippen LogP contribution in [-0.4, -0.2) is 29.2 Å². The predicted octanol–water partition coefficient (Wildman–Crippen LogP) is 1.03. The van der Waals surface area contributed by atoms with E-state index in [1.807, 2.05) is 20.8 Å². The van der Waals surface area contributed by atoms with Crippen LogP contribution in [0.3, 0.4) is 0 Å². The molecule has 1 amide bonds. The summed E-state index contributed by atoms with van der Waals surface area (Å²) in [5.41, 5.74) is 4.95. The largest absolute Gasteiger partial charge is 0.388 e. The maximum absolute atomic E-state index is 11.6. The standard InChI is InChI=1S/C12H26N2O2/c1-5-7-12(4,16)8-14-11(15)10(13)9(3)6-2/h9-10,16H,5-8,13H2,1-4H3,(H,14,15). The first kappa shape index (κ1) is 15.4. The number of carbonyl (C=O) groups is 1. The van der Waals surface area contributed by atoms with Crippen molar-refractivity contribution in [2.24, 2.45) is 11.7 Å². The van der Waals surface area contributed by atoms with Gasteiger partial charge in [0.2, 0.25) is 5.91 Å². The molecule has 0 aliphatic rings. The van der Waals surface area contributed by atoms with Gasteiger partial charge in [0.15, 0.2) is 0 Å². The molecule has 0 aliphatic heterocycles. The Morgan fingerprint density at radius 1 is 1.50 bits per heavy atom. The van der Waals surface area contributed by atoms with E-state index in [0.29, 0.717) is 6.42 Å². The number of hydrogen-bond acceptors (Lipinski definition) is 3. The lowest BCUT2D eigenvalue weighted by Crippen LogP contribution is -2.49. The van der Waals surface area contributed by atoms with Crippen LogP contribution in [-0.2, 0) is 4.79 Å². The highest BCUT2D eigenvalue weighted by atomic mass is 16.3. The molecule has 0 saturated heterocycles. The van der Waals surface area contributed by atoms with Crippen molar-refractivity contribution in [3.8, 4) is 0 Å². The zero-order valence-corrected chi connectivity index (χ0v) is 10.9. The number of nitrogens with one attached hydrogen (secondary N) is 1. The second kappa shape index (κ2) is 6.86. The van der Waals surface area contributed by atoms with E-state index in [0.717, 1.165) is 12.8 Å². The number of hydrogen-bond donors (Lipinski definition) is 3. The van der Waals surface area contributed by atoms with Crippen LogP contribution in [0.25, 0.3) is 0 Å². The summed E-state index contributed by atoms with van der Waals surface area (Å²) in [7, 11) is 0. The molecule has 0 spiro atoms. The summed E-state index contributed by atoms with van der Waals surface area (Å²) in [6.45, 7) is 7.95. The molecule has 3 unspecified atom stereocenters. The lowest BCUT2D eigenvalue weighted by Gasteiger charge is -2.25. The van der Waals surface area contributed by atoms with Gasteiger partial charge in [0.25, 0.3) is 0 Å². The molecule has 0 rings (SSSR count). The van der Waals surface area contributed by atoms with Gasteiger partial charge < -0.3 is 16.2 Å². The Morgan fingerprint density at radius 3 is 2.50 bits per heavy atom. The third-order valence-corrected chi connectivity index (χ3v) is 2.99. The van der Waals surface area contributed by atoms with Gasteiger partial charge in [-0.05, 0) is 19.3 Å². The molecule has 4 heteroatoms. The summed E-state index contributed by atoms with van der Waals surface area (Å²) in [5.74, 6) is -0.0122. The molecule has 96 valence electrons. The average Bonchev–Trinajstić information content (AvgIpc) is 2.23. The molecular weight excluding hydrogens is 204 g/mol. The monoisotopic (exact) mass is 230 g/mol.